The lowest BCUT2D eigenvalue weighted by atomic mass is 9.89. The molecule has 4 rings (SSSR count). The number of aromatic nitrogens is 1. The number of rotatable bonds is 2. The van der Waals surface area contributed by atoms with Gasteiger partial charge < -0.3 is 15.5 Å². The molecule has 0 aliphatic carbocycles. The van der Waals surface area contributed by atoms with E-state index in [1.54, 1.807) is 0 Å². The first-order valence-corrected chi connectivity index (χ1v) is 7.97. The number of benzene rings is 2. The highest BCUT2D eigenvalue weighted by molar-refractivity contribution is 5.87. The van der Waals surface area contributed by atoms with Crippen LogP contribution in [-0.2, 0) is 16.0 Å². The highest BCUT2D eigenvalue weighted by Crippen LogP contribution is 2.36. The minimum Gasteiger partial charge on any atom is -0.468 e. The molecule has 5 heteroatoms. The van der Waals surface area contributed by atoms with E-state index >= 15 is 0 Å². The fourth-order valence-electron chi connectivity index (χ4n) is 3.55. The van der Waals surface area contributed by atoms with Gasteiger partial charge in [0.25, 0.3) is 0 Å². The number of nitrogen functional groups attached to an aromatic ring is 1. The van der Waals surface area contributed by atoms with Crippen molar-refractivity contribution < 1.29 is 9.53 Å². The van der Waals surface area contributed by atoms with Crippen LogP contribution in [0.4, 0.5) is 5.69 Å². The number of ether oxygens (including phenoxy) is 1. The second-order valence-corrected chi connectivity index (χ2v) is 6.07. The largest absolute Gasteiger partial charge is 0.468 e. The quantitative estimate of drug-likeness (QED) is 0.500. The van der Waals surface area contributed by atoms with E-state index in [0.29, 0.717) is 12.1 Å². The van der Waals surface area contributed by atoms with E-state index in [9.17, 15) is 4.79 Å². The number of hydrogen-bond donors (Lipinski definition) is 3. The molecule has 0 saturated carbocycles. The first-order chi connectivity index (χ1) is 11.7. The average Bonchev–Trinajstić information content (AvgIpc) is 2.99. The Morgan fingerprint density at radius 1 is 1.17 bits per heavy atom. The fourth-order valence-corrected chi connectivity index (χ4v) is 3.55. The third-order valence-corrected chi connectivity index (χ3v) is 4.70. The number of para-hydroxylation sites is 2. The summed E-state index contributed by atoms with van der Waals surface area (Å²) in [6.07, 6.45) is 0.593. The van der Waals surface area contributed by atoms with E-state index in [4.69, 9.17) is 10.5 Å². The van der Waals surface area contributed by atoms with Crippen molar-refractivity contribution in [2.75, 3.05) is 12.8 Å². The number of nitrogens with two attached hydrogens (primary N) is 1. The van der Waals surface area contributed by atoms with Crippen LogP contribution >= 0.6 is 0 Å². The maximum Gasteiger partial charge on any atom is 0.323 e. The van der Waals surface area contributed by atoms with E-state index in [-0.39, 0.29) is 12.0 Å². The Morgan fingerprint density at radius 3 is 2.71 bits per heavy atom. The Kier molecular flexibility index (Phi) is 3.50. The van der Waals surface area contributed by atoms with E-state index in [1.807, 2.05) is 42.5 Å². The zero-order chi connectivity index (χ0) is 16.7. The number of aromatic amines is 1. The van der Waals surface area contributed by atoms with Crippen molar-refractivity contribution in [2.45, 2.75) is 18.5 Å². The van der Waals surface area contributed by atoms with Crippen LogP contribution in [0.5, 0.6) is 0 Å². The van der Waals surface area contributed by atoms with Crippen LogP contribution in [0.2, 0.25) is 0 Å². The van der Waals surface area contributed by atoms with Gasteiger partial charge in [0.05, 0.1) is 13.2 Å². The van der Waals surface area contributed by atoms with Gasteiger partial charge in [0, 0.05) is 28.7 Å². The Balaban J connectivity index is 1.90. The SMILES string of the molecule is COC(=O)[C@H]1Cc2c([nH]c3ccccc23)[C@H](c2ccccc2N)N1. The molecule has 2 aromatic carbocycles. The molecule has 0 bridgehead atoms. The Labute approximate surface area is 139 Å². The molecule has 0 radical (unpaired) electrons. The number of H-pyrrole nitrogens is 1. The summed E-state index contributed by atoms with van der Waals surface area (Å²) in [5.41, 5.74) is 11.1. The van der Waals surface area contributed by atoms with E-state index in [1.165, 1.54) is 7.11 Å². The predicted octanol–water partition coefficient (Wildman–Crippen LogP) is 2.53. The van der Waals surface area contributed by atoms with Gasteiger partial charge in [-0.1, -0.05) is 36.4 Å². The van der Waals surface area contributed by atoms with E-state index in [0.717, 1.165) is 27.7 Å². The zero-order valence-corrected chi connectivity index (χ0v) is 13.4. The molecule has 1 aliphatic heterocycles. The topological polar surface area (TPSA) is 80.1 Å². The molecule has 2 atom stereocenters. The molecule has 0 unspecified atom stereocenters. The highest BCUT2D eigenvalue weighted by Gasteiger charge is 2.34. The molecule has 0 spiro atoms. The Morgan fingerprint density at radius 2 is 1.92 bits per heavy atom. The lowest BCUT2D eigenvalue weighted by Gasteiger charge is -2.30. The molecule has 2 heterocycles. The van der Waals surface area contributed by atoms with Gasteiger partial charge in [-0.3, -0.25) is 10.1 Å². The summed E-state index contributed by atoms with van der Waals surface area (Å²) >= 11 is 0. The van der Waals surface area contributed by atoms with Gasteiger partial charge in [-0.25, -0.2) is 0 Å². The first kappa shape index (κ1) is 14.8. The van der Waals surface area contributed by atoms with Crippen molar-refractivity contribution >= 4 is 22.6 Å². The van der Waals surface area contributed by atoms with Crippen LogP contribution in [0, 0.1) is 0 Å². The highest BCUT2D eigenvalue weighted by atomic mass is 16.5. The second-order valence-electron chi connectivity index (χ2n) is 6.07. The molecular formula is C19H19N3O2. The van der Waals surface area contributed by atoms with Gasteiger partial charge in [-0.15, -0.1) is 0 Å². The summed E-state index contributed by atoms with van der Waals surface area (Å²) < 4.78 is 4.96. The molecule has 0 amide bonds. The zero-order valence-electron chi connectivity index (χ0n) is 13.4. The summed E-state index contributed by atoms with van der Waals surface area (Å²) in [5.74, 6) is -0.259. The van der Waals surface area contributed by atoms with Gasteiger partial charge in [-0.05, 0) is 23.3 Å². The molecule has 5 nitrogen and oxygen atoms in total. The van der Waals surface area contributed by atoms with Crippen molar-refractivity contribution in [3.05, 3.63) is 65.4 Å². The number of carbonyl (C=O) groups is 1. The van der Waals surface area contributed by atoms with Crippen molar-refractivity contribution in [2.24, 2.45) is 0 Å². The monoisotopic (exact) mass is 321 g/mol. The van der Waals surface area contributed by atoms with Gasteiger partial charge >= 0.3 is 5.97 Å². The normalized spacial score (nSPS) is 19.9. The van der Waals surface area contributed by atoms with Gasteiger partial charge in [0.1, 0.15) is 6.04 Å². The number of carbonyl (C=O) groups excluding carboxylic acids is 1. The fraction of sp³-hybridized carbons (Fsp3) is 0.211. The smallest absolute Gasteiger partial charge is 0.323 e. The summed E-state index contributed by atoms with van der Waals surface area (Å²) in [6, 6.07) is 15.3. The molecule has 1 aliphatic rings. The molecule has 24 heavy (non-hydrogen) atoms. The van der Waals surface area contributed by atoms with Crippen LogP contribution in [0.3, 0.4) is 0 Å². The summed E-state index contributed by atoms with van der Waals surface area (Å²) in [4.78, 5) is 15.7. The van der Waals surface area contributed by atoms with Crippen LogP contribution in [0.25, 0.3) is 10.9 Å². The van der Waals surface area contributed by atoms with Crippen molar-refractivity contribution in [3.63, 3.8) is 0 Å². The van der Waals surface area contributed by atoms with Crippen molar-refractivity contribution in [3.8, 4) is 0 Å². The molecule has 3 aromatic rings. The Hall–Kier alpha value is -2.79. The number of nitrogens with one attached hydrogen (secondary N) is 2. The standard InChI is InChI=1S/C19H19N3O2/c1-24-19(23)16-10-13-11-6-3-5-9-15(11)21-18(13)17(22-16)12-7-2-4-8-14(12)20/h2-9,16-17,21-22H,10,20H2,1H3/t16-,17+/m1/s1. The number of anilines is 1. The lowest BCUT2D eigenvalue weighted by molar-refractivity contribution is -0.143. The van der Waals surface area contributed by atoms with Gasteiger partial charge in [0.15, 0.2) is 0 Å². The second kappa shape index (κ2) is 5.69. The van der Waals surface area contributed by atoms with Gasteiger partial charge in [-0.2, -0.15) is 0 Å². The number of fused-ring (bicyclic) bond motifs is 3. The molecule has 0 saturated heterocycles. The van der Waals surface area contributed by atoms with Crippen molar-refractivity contribution in [1.29, 1.82) is 0 Å². The minimum absolute atomic E-state index is 0.175. The number of methoxy groups -OCH3 is 1. The van der Waals surface area contributed by atoms with Crippen LogP contribution in [0.1, 0.15) is 22.9 Å². The summed E-state index contributed by atoms with van der Waals surface area (Å²) in [5, 5.41) is 4.53. The lowest BCUT2D eigenvalue weighted by Crippen LogP contribution is -2.45. The summed E-state index contributed by atoms with van der Waals surface area (Å²) in [6.45, 7) is 0. The first-order valence-electron chi connectivity index (χ1n) is 7.97. The van der Waals surface area contributed by atoms with Crippen LogP contribution < -0.4 is 11.1 Å². The van der Waals surface area contributed by atoms with E-state index in [2.05, 4.69) is 16.4 Å². The molecular weight excluding hydrogens is 302 g/mol. The summed E-state index contributed by atoms with van der Waals surface area (Å²) in [7, 11) is 1.42. The van der Waals surface area contributed by atoms with Gasteiger partial charge in [0.2, 0.25) is 0 Å². The molecule has 4 N–H and O–H groups in total. The number of hydrogen-bond acceptors (Lipinski definition) is 4. The van der Waals surface area contributed by atoms with Crippen LogP contribution in [-0.4, -0.2) is 24.1 Å². The molecule has 122 valence electrons. The minimum atomic E-state index is -0.397. The maximum atomic E-state index is 12.2. The van der Waals surface area contributed by atoms with E-state index < -0.39 is 6.04 Å². The predicted molar refractivity (Wildman–Crippen MR) is 93.6 cm³/mol. The maximum absolute atomic E-state index is 12.2. The third-order valence-electron chi connectivity index (χ3n) is 4.70. The average molecular weight is 321 g/mol. The third kappa shape index (κ3) is 2.25. The number of esters is 1. The molecule has 1 aromatic heterocycles. The van der Waals surface area contributed by atoms with Crippen molar-refractivity contribution in [1.82, 2.24) is 10.3 Å². The Bertz CT molecular complexity index is 916. The van der Waals surface area contributed by atoms with Crippen LogP contribution in [0.15, 0.2) is 48.5 Å². The molecule has 0 fully saturated rings.